The number of thiazole rings is 1. The van der Waals surface area contributed by atoms with Crippen molar-refractivity contribution in [1.82, 2.24) is 4.98 Å². The van der Waals surface area contributed by atoms with E-state index in [1.807, 2.05) is 19.1 Å². The number of rotatable bonds is 3. The van der Waals surface area contributed by atoms with E-state index < -0.39 is 0 Å². The summed E-state index contributed by atoms with van der Waals surface area (Å²) in [6.45, 7) is 1.92. The van der Waals surface area contributed by atoms with Crippen LogP contribution in [-0.2, 0) is 6.61 Å². The molecule has 0 amide bonds. The molecule has 2 rings (SSSR count). The molecule has 0 saturated heterocycles. The number of aliphatic hydroxyl groups is 1. The predicted molar refractivity (Wildman–Crippen MR) is 69.8 cm³/mol. The molecule has 1 heterocycles. The average molecular weight is 270 g/mol. The molecule has 1 aromatic heterocycles. The Kier molecular flexibility index (Phi) is 3.66. The largest absolute Gasteiger partial charge is 0.496 e. The van der Waals surface area contributed by atoms with Crippen LogP contribution in [0.15, 0.2) is 18.2 Å². The molecule has 0 unspecified atom stereocenters. The fraction of sp³-hybridized carbons (Fsp3) is 0.250. The molecule has 0 spiro atoms. The molecule has 0 bridgehead atoms. The van der Waals surface area contributed by atoms with Crippen LogP contribution in [0.2, 0.25) is 5.02 Å². The molecule has 17 heavy (non-hydrogen) atoms. The zero-order chi connectivity index (χ0) is 12.4. The monoisotopic (exact) mass is 269 g/mol. The molecule has 0 aliphatic heterocycles. The Balaban J connectivity index is 2.58. The number of hydrogen-bond acceptors (Lipinski definition) is 4. The van der Waals surface area contributed by atoms with Crippen molar-refractivity contribution in [2.75, 3.05) is 7.11 Å². The standard InChI is InChI=1S/C12H12ClNO2S/c1-7-12(14-11(6-15)17-7)9-5-8(13)3-4-10(9)16-2/h3-5,15H,6H2,1-2H3. The van der Waals surface area contributed by atoms with Crippen molar-refractivity contribution in [1.29, 1.82) is 0 Å². The fourth-order valence-corrected chi connectivity index (χ4v) is 2.61. The quantitative estimate of drug-likeness (QED) is 0.930. The lowest BCUT2D eigenvalue weighted by molar-refractivity contribution is 0.281. The van der Waals surface area contributed by atoms with Crippen LogP contribution in [0.5, 0.6) is 5.75 Å². The zero-order valence-corrected chi connectivity index (χ0v) is 11.1. The molecule has 5 heteroatoms. The van der Waals surface area contributed by atoms with Gasteiger partial charge in [0.05, 0.1) is 19.4 Å². The van der Waals surface area contributed by atoms with E-state index in [2.05, 4.69) is 4.98 Å². The number of ether oxygens (including phenoxy) is 1. The van der Waals surface area contributed by atoms with Crippen molar-refractivity contribution in [3.8, 4) is 17.0 Å². The Labute approximate surface area is 109 Å². The summed E-state index contributed by atoms with van der Waals surface area (Å²) < 4.78 is 5.30. The fourth-order valence-electron chi connectivity index (χ4n) is 1.63. The molecule has 0 fully saturated rings. The second-order valence-corrected chi connectivity index (χ2v) is 5.24. The van der Waals surface area contributed by atoms with Gasteiger partial charge in [0.1, 0.15) is 10.8 Å². The smallest absolute Gasteiger partial charge is 0.128 e. The molecule has 0 saturated carbocycles. The van der Waals surface area contributed by atoms with Gasteiger partial charge in [-0.15, -0.1) is 11.3 Å². The summed E-state index contributed by atoms with van der Waals surface area (Å²) in [4.78, 5) is 5.41. The van der Waals surface area contributed by atoms with E-state index in [0.717, 1.165) is 21.9 Å². The second-order valence-electron chi connectivity index (χ2n) is 3.52. The summed E-state index contributed by atoms with van der Waals surface area (Å²) in [5.41, 5.74) is 1.67. The lowest BCUT2D eigenvalue weighted by Crippen LogP contribution is -1.90. The highest BCUT2D eigenvalue weighted by atomic mass is 35.5. The van der Waals surface area contributed by atoms with Crippen LogP contribution in [0.3, 0.4) is 0 Å². The number of nitrogens with zero attached hydrogens (tertiary/aromatic N) is 1. The van der Waals surface area contributed by atoms with Gasteiger partial charge in [0.25, 0.3) is 0 Å². The molecule has 3 nitrogen and oxygen atoms in total. The van der Waals surface area contributed by atoms with E-state index in [4.69, 9.17) is 21.4 Å². The third kappa shape index (κ3) is 2.44. The summed E-state index contributed by atoms with van der Waals surface area (Å²) in [5.74, 6) is 0.729. The van der Waals surface area contributed by atoms with Gasteiger partial charge in [0, 0.05) is 15.5 Å². The summed E-state index contributed by atoms with van der Waals surface area (Å²) >= 11 is 7.46. The van der Waals surface area contributed by atoms with Crippen LogP contribution in [0.4, 0.5) is 0 Å². The molecule has 2 aromatic rings. The van der Waals surface area contributed by atoms with Gasteiger partial charge >= 0.3 is 0 Å². The molecule has 1 aromatic carbocycles. The van der Waals surface area contributed by atoms with Crippen molar-refractivity contribution >= 4 is 22.9 Å². The molecule has 0 aliphatic rings. The minimum atomic E-state index is -0.0472. The molecule has 0 atom stereocenters. The number of benzene rings is 1. The first-order chi connectivity index (χ1) is 8.15. The highest BCUT2D eigenvalue weighted by Crippen LogP contribution is 2.35. The molecule has 90 valence electrons. The molecule has 0 radical (unpaired) electrons. The number of aromatic nitrogens is 1. The average Bonchev–Trinajstić information content (AvgIpc) is 2.70. The van der Waals surface area contributed by atoms with Gasteiger partial charge in [0.15, 0.2) is 0 Å². The molecular weight excluding hydrogens is 258 g/mol. The van der Waals surface area contributed by atoms with E-state index in [-0.39, 0.29) is 6.61 Å². The minimum absolute atomic E-state index is 0.0472. The van der Waals surface area contributed by atoms with Crippen LogP contribution in [0.25, 0.3) is 11.3 Å². The highest BCUT2D eigenvalue weighted by molar-refractivity contribution is 7.12. The summed E-state index contributed by atoms with van der Waals surface area (Å²) in [7, 11) is 1.61. The first-order valence-corrected chi connectivity index (χ1v) is 6.26. The number of methoxy groups -OCH3 is 1. The van der Waals surface area contributed by atoms with Gasteiger partial charge in [-0.3, -0.25) is 0 Å². The van der Waals surface area contributed by atoms with Crippen LogP contribution in [0.1, 0.15) is 9.88 Å². The molecular formula is C12H12ClNO2S. The number of aliphatic hydroxyl groups excluding tert-OH is 1. The van der Waals surface area contributed by atoms with Gasteiger partial charge < -0.3 is 9.84 Å². The van der Waals surface area contributed by atoms with E-state index in [9.17, 15) is 0 Å². The van der Waals surface area contributed by atoms with Crippen LogP contribution < -0.4 is 4.74 Å². The van der Waals surface area contributed by atoms with Crippen LogP contribution in [-0.4, -0.2) is 17.2 Å². The molecule has 0 aliphatic carbocycles. The van der Waals surface area contributed by atoms with E-state index in [1.165, 1.54) is 11.3 Å². The number of aryl methyl sites for hydroxylation is 1. The van der Waals surface area contributed by atoms with E-state index in [0.29, 0.717) is 10.0 Å². The predicted octanol–water partition coefficient (Wildman–Crippen LogP) is 3.27. The van der Waals surface area contributed by atoms with Crippen LogP contribution in [0, 0.1) is 6.92 Å². The number of halogens is 1. The highest BCUT2D eigenvalue weighted by Gasteiger charge is 2.14. The van der Waals surface area contributed by atoms with Gasteiger partial charge in [-0.1, -0.05) is 11.6 Å². The van der Waals surface area contributed by atoms with Gasteiger partial charge in [-0.05, 0) is 25.1 Å². The Morgan fingerprint density at radius 3 is 2.82 bits per heavy atom. The summed E-state index contributed by atoms with van der Waals surface area (Å²) in [6, 6.07) is 5.41. The van der Waals surface area contributed by atoms with Crippen LogP contribution >= 0.6 is 22.9 Å². The second kappa shape index (κ2) is 5.04. The maximum absolute atomic E-state index is 9.09. The third-order valence-electron chi connectivity index (χ3n) is 2.39. The minimum Gasteiger partial charge on any atom is -0.496 e. The zero-order valence-electron chi connectivity index (χ0n) is 9.53. The van der Waals surface area contributed by atoms with Crippen molar-refractivity contribution < 1.29 is 9.84 Å². The Bertz CT molecular complexity index is 539. The van der Waals surface area contributed by atoms with Crippen molar-refractivity contribution in [2.24, 2.45) is 0 Å². The van der Waals surface area contributed by atoms with Gasteiger partial charge in [0.2, 0.25) is 0 Å². The van der Waals surface area contributed by atoms with E-state index >= 15 is 0 Å². The Morgan fingerprint density at radius 2 is 2.24 bits per heavy atom. The third-order valence-corrected chi connectivity index (χ3v) is 3.58. The normalized spacial score (nSPS) is 10.6. The summed E-state index contributed by atoms with van der Waals surface area (Å²) in [5, 5.41) is 10.4. The van der Waals surface area contributed by atoms with Crippen molar-refractivity contribution in [3.63, 3.8) is 0 Å². The number of hydrogen-bond donors (Lipinski definition) is 1. The maximum atomic E-state index is 9.09. The lowest BCUT2D eigenvalue weighted by Gasteiger charge is -2.07. The van der Waals surface area contributed by atoms with Gasteiger partial charge in [-0.2, -0.15) is 0 Å². The summed E-state index contributed by atoms with van der Waals surface area (Å²) in [6.07, 6.45) is 0. The SMILES string of the molecule is COc1ccc(Cl)cc1-c1nc(CO)sc1C. The Hall–Kier alpha value is -1.10. The maximum Gasteiger partial charge on any atom is 0.128 e. The van der Waals surface area contributed by atoms with Crippen molar-refractivity contribution in [3.05, 3.63) is 33.1 Å². The topological polar surface area (TPSA) is 42.4 Å². The first kappa shape index (κ1) is 12.4. The van der Waals surface area contributed by atoms with Gasteiger partial charge in [-0.25, -0.2) is 4.98 Å². The Morgan fingerprint density at radius 1 is 1.47 bits per heavy atom. The molecule has 1 N–H and O–H groups in total. The van der Waals surface area contributed by atoms with Crippen molar-refractivity contribution in [2.45, 2.75) is 13.5 Å². The lowest BCUT2D eigenvalue weighted by atomic mass is 10.1. The first-order valence-electron chi connectivity index (χ1n) is 5.06. The van der Waals surface area contributed by atoms with E-state index in [1.54, 1.807) is 13.2 Å².